The van der Waals surface area contributed by atoms with Crippen molar-refractivity contribution in [3.8, 4) is 0 Å². The first kappa shape index (κ1) is 17.3. The highest BCUT2D eigenvalue weighted by molar-refractivity contribution is 7.15. The van der Waals surface area contributed by atoms with E-state index in [9.17, 15) is 9.59 Å². The molecule has 27 heavy (non-hydrogen) atoms. The molecule has 2 N–H and O–H groups in total. The number of carbonyl (C=O) groups excluding carboxylic acids is 2. The van der Waals surface area contributed by atoms with E-state index < -0.39 is 0 Å². The zero-order valence-corrected chi connectivity index (χ0v) is 15.5. The molecular formula is C19H18N4O3S. The van der Waals surface area contributed by atoms with Crippen molar-refractivity contribution in [1.29, 1.82) is 0 Å². The number of fused-ring (bicyclic) bond motifs is 1. The summed E-state index contributed by atoms with van der Waals surface area (Å²) in [5.41, 5.74) is 2.84. The van der Waals surface area contributed by atoms with Crippen LogP contribution in [0.1, 0.15) is 26.7 Å². The molecule has 3 heterocycles. The smallest absolute Gasteiger partial charge is 0.322 e. The number of amides is 3. The standard InChI is InChI=1S/C19H18N4O3S/c1-12-4-6-13(7-5-12)20-19(25)23-9-8-14-16(11-23)27-18(21-14)22-17(24)15-3-2-10-26-15/h2-7,10H,8-9,11H2,1H3,(H,20,25)(H,21,22,24). The van der Waals surface area contributed by atoms with Crippen LogP contribution in [0, 0.1) is 6.92 Å². The second kappa shape index (κ2) is 7.24. The van der Waals surface area contributed by atoms with Crippen LogP contribution in [-0.4, -0.2) is 28.4 Å². The van der Waals surface area contributed by atoms with Gasteiger partial charge in [-0.3, -0.25) is 10.1 Å². The lowest BCUT2D eigenvalue weighted by atomic mass is 10.2. The average Bonchev–Trinajstić information content (AvgIpc) is 3.32. The van der Waals surface area contributed by atoms with Gasteiger partial charge in [-0.05, 0) is 31.2 Å². The maximum absolute atomic E-state index is 12.5. The number of nitrogens with zero attached hydrogens (tertiary/aromatic N) is 2. The Kier molecular flexibility index (Phi) is 4.64. The molecule has 0 radical (unpaired) electrons. The average molecular weight is 382 g/mol. The summed E-state index contributed by atoms with van der Waals surface area (Å²) in [6.07, 6.45) is 2.11. The molecule has 138 valence electrons. The molecule has 1 aliphatic heterocycles. The van der Waals surface area contributed by atoms with E-state index in [2.05, 4.69) is 15.6 Å². The van der Waals surface area contributed by atoms with Gasteiger partial charge in [0.15, 0.2) is 10.9 Å². The third-order valence-electron chi connectivity index (χ3n) is 4.29. The Morgan fingerprint density at radius 1 is 1.19 bits per heavy atom. The predicted molar refractivity (Wildman–Crippen MR) is 103 cm³/mol. The Morgan fingerprint density at radius 3 is 2.74 bits per heavy atom. The zero-order chi connectivity index (χ0) is 18.8. The molecular weight excluding hydrogens is 364 g/mol. The minimum Gasteiger partial charge on any atom is -0.459 e. The summed E-state index contributed by atoms with van der Waals surface area (Å²) in [4.78, 5) is 31.8. The molecule has 0 atom stereocenters. The molecule has 4 rings (SSSR count). The van der Waals surface area contributed by atoms with Gasteiger partial charge in [0, 0.05) is 23.5 Å². The predicted octanol–water partition coefficient (Wildman–Crippen LogP) is 3.89. The molecule has 0 saturated heterocycles. The van der Waals surface area contributed by atoms with Crippen molar-refractivity contribution in [3.05, 3.63) is 64.6 Å². The fraction of sp³-hybridized carbons (Fsp3) is 0.211. The number of hydrogen-bond donors (Lipinski definition) is 2. The Hall–Kier alpha value is -3.13. The van der Waals surface area contributed by atoms with Crippen molar-refractivity contribution in [2.75, 3.05) is 17.2 Å². The number of urea groups is 1. The first-order valence-electron chi connectivity index (χ1n) is 8.54. The SMILES string of the molecule is Cc1ccc(NC(=O)N2CCc3nc(NC(=O)c4ccco4)sc3C2)cc1. The van der Waals surface area contributed by atoms with E-state index in [1.165, 1.54) is 17.6 Å². The first-order chi connectivity index (χ1) is 13.1. The molecule has 1 aliphatic rings. The topological polar surface area (TPSA) is 87.5 Å². The summed E-state index contributed by atoms with van der Waals surface area (Å²) in [6.45, 7) is 3.06. The van der Waals surface area contributed by atoms with Crippen molar-refractivity contribution < 1.29 is 14.0 Å². The van der Waals surface area contributed by atoms with E-state index in [1.807, 2.05) is 31.2 Å². The number of nitrogens with one attached hydrogen (secondary N) is 2. The fourth-order valence-electron chi connectivity index (χ4n) is 2.83. The van der Waals surface area contributed by atoms with Crippen molar-refractivity contribution in [2.24, 2.45) is 0 Å². The van der Waals surface area contributed by atoms with Gasteiger partial charge in [-0.2, -0.15) is 0 Å². The zero-order valence-electron chi connectivity index (χ0n) is 14.7. The van der Waals surface area contributed by atoms with Crippen molar-refractivity contribution >= 4 is 34.1 Å². The van der Waals surface area contributed by atoms with Crippen LogP contribution in [0.5, 0.6) is 0 Å². The highest BCUT2D eigenvalue weighted by atomic mass is 32.1. The number of carbonyl (C=O) groups is 2. The van der Waals surface area contributed by atoms with Crippen LogP contribution in [0.25, 0.3) is 0 Å². The first-order valence-corrected chi connectivity index (χ1v) is 9.36. The van der Waals surface area contributed by atoms with E-state index >= 15 is 0 Å². The lowest BCUT2D eigenvalue weighted by Gasteiger charge is -2.26. The van der Waals surface area contributed by atoms with Gasteiger partial charge in [-0.25, -0.2) is 9.78 Å². The largest absolute Gasteiger partial charge is 0.459 e. The third-order valence-corrected chi connectivity index (χ3v) is 5.28. The molecule has 0 unspecified atom stereocenters. The summed E-state index contributed by atoms with van der Waals surface area (Å²) in [6, 6.07) is 10.8. The van der Waals surface area contributed by atoms with Gasteiger partial charge >= 0.3 is 6.03 Å². The van der Waals surface area contributed by atoms with E-state index in [-0.39, 0.29) is 17.7 Å². The van der Waals surface area contributed by atoms with Crippen LogP contribution in [0.4, 0.5) is 15.6 Å². The van der Waals surface area contributed by atoms with Crippen LogP contribution < -0.4 is 10.6 Å². The third kappa shape index (κ3) is 3.85. The van der Waals surface area contributed by atoms with Gasteiger partial charge in [0.25, 0.3) is 5.91 Å². The quantitative estimate of drug-likeness (QED) is 0.719. The fourth-order valence-corrected chi connectivity index (χ4v) is 3.85. The number of thiazole rings is 1. The van der Waals surface area contributed by atoms with Crippen LogP contribution in [0.3, 0.4) is 0 Å². The highest BCUT2D eigenvalue weighted by Gasteiger charge is 2.25. The van der Waals surface area contributed by atoms with Gasteiger partial charge in [-0.15, -0.1) is 0 Å². The summed E-state index contributed by atoms with van der Waals surface area (Å²) < 4.78 is 5.09. The van der Waals surface area contributed by atoms with Crippen LogP contribution in [0.15, 0.2) is 47.1 Å². The second-order valence-electron chi connectivity index (χ2n) is 6.29. The number of rotatable bonds is 3. The van der Waals surface area contributed by atoms with E-state index in [4.69, 9.17) is 4.42 Å². The minimum atomic E-state index is -0.333. The number of aromatic nitrogens is 1. The number of anilines is 2. The Morgan fingerprint density at radius 2 is 2.00 bits per heavy atom. The molecule has 2 aromatic heterocycles. The molecule has 3 aromatic rings. The molecule has 0 saturated carbocycles. The van der Waals surface area contributed by atoms with Crippen LogP contribution >= 0.6 is 11.3 Å². The maximum atomic E-state index is 12.5. The molecule has 0 aliphatic carbocycles. The molecule has 7 nitrogen and oxygen atoms in total. The molecule has 0 spiro atoms. The van der Waals surface area contributed by atoms with Gasteiger partial charge in [0.2, 0.25) is 0 Å². The lowest BCUT2D eigenvalue weighted by Crippen LogP contribution is -2.38. The Bertz CT molecular complexity index is 964. The van der Waals surface area contributed by atoms with Gasteiger partial charge in [0.1, 0.15) is 0 Å². The number of aryl methyl sites for hydroxylation is 1. The molecule has 0 bridgehead atoms. The van der Waals surface area contributed by atoms with E-state index in [1.54, 1.807) is 17.0 Å². The number of hydrogen-bond acceptors (Lipinski definition) is 5. The molecule has 0 fully saturated rings. The summed E-state index contributed by atoms with van der Waals surface area (Å²) >= 11 is 1.38. The highest BCUT2D eigenvalue weighted by Crippen LogP contribution is 2.29. The van der Waals surface area contributed by atoms with Gasteiger partial charge in [-0.1, -0.05) is 29.0 Å². The van der Waals surface area contributed by atoms with Crippen molar-refractivity contribution in [2.45, 2.75) is 19.9 Å². The van der Waals surface area contributed by atoms with E-state index in [0.717, 1.165) is 21.8 Å². The summed E-state index contributed by atoms with van der Waals surface area (Å²) in [5, 5.41) is 6.18. The normalized spacial score (nSPS) is 13.1. The lowest BCUT2D eigenvalue weighted by molar-refractivity contribution is 0.0996. The number of furan rings is 1. The van der Waals surface area contributed by atoms with Gasteiger partial charge in [0.05, 0.1) is 18.5 Å². The summed E-state index contributed by atoms with van der Waals surface area (Å²) in [5.74, 6) is -0.0951. The summed E-state index contributed by atoms with van der Waals surface area (Å²) in [7, 11) is 0. The van der Waals surface area contributed by atoms with E-state index in [0.29, 0.717) is 24.6 Å². The molecule has 1 aromatic carbocycles. The van der Waals surface area contributed by atoms with Crippen LogP contribution in [-0.2, 0) is 13.0 Å². The second-order valence-corrected chi connectivity index (χ2v) is 7.37. The van der Waals surface area contributed by atoms with Crippen molar-refractivity contribution in [1.82, 2.24) is 9.88 Å². The monoisotopic (exact) mass is 382 g/mol. The molecule has 8 heteroatoms. The van der Waals surface area contributed by atoms with Crippen LogP contribution in [0.2, 0.25) is 0 Å². The Balaban J connectivity index is 1.40. The number of benzene rings is 1. The maximum Gasteiger partial charge on any atom is 0.322 e. The van der Waals surface area contributed by atoms with Gasteiger partial charge < -0.3 is 14.6 Å². The minimum absolute atomic E-state index is 0.140. The van der Waals surface area contributed by atoms with Crippen molar-refractivity contribution in [3.63, 3.8) is 0 Å². The molecule has 3 amide bonds. The Labute approximate surface area is 160 Å².